The molecular formula is C8H11ClN2O. The van der Waals surface area contributed by atoms with Crippen molar-refractivity contribution in [3.05, 3.63) is 22.8 Å². The first-order chi connectivity index (χ1) is 5.63. The Morgan fingerprint density at radius 1 is 1.58 bits per heavy atom. The highest BCUT2D eigenvalue weighted by Crippen LogP contribution is 2.19. The van der Waals surface area contributed by atoms with Crippen molar-refractivity contribution >= 4 is 17.4 Å². The molecule has 0 aliphatic rings. The van der Waals surface area contributed by atoms with Crippen LogP contribution >= 0.6 is 11.6 Å². The monoisotopic (exact) mass is 186 g/mol. The third kappa shape index (κ3) is 2.09. The third-order valence-corrected chi connectivity index (χ3v) is 1.75. The molecule has 0 aliphatic carbocycles. The van der Waals surface area contributed by atoms with Crippen molar-refractivity contribution in [3.63, 3.8) is 0 Å². The quantitative estimate of drug-likeness (QED) is 0.693. The molecule has 0 amide bonds. The van der Waals surface area contributed by atoms with E-state index in [-0.39, 0.29) is 0 Å². The molecule has 1 heterocycles. The third-order valence-electron chi connectivity index (χ3n) is 1.55. The van der Waals surface area contributed by atoms with Gasteiger partial charge in [0, 0.05) is 7.05 Å². The fraction of sp³-hybridized carbons (Fsp3) is 0.375. The molecular weight excluding hydrogens is 176 g/mol. The number of nitrogens with zero attached hydrogens (tertiary/aromatic N) is 1. The van der Waals surface area contributed by atoms with Crippen molar-refractivity contribution < 1.29 is 5.11 Å². The van der Waals surface area contributed by atoms with E-state index >= 15 is 0 Å². The molecule has 1 atom stereocenters. The summed E-state index contributed by atoms with van der Waals surface area (Å²) >= 11 is 5.71. The molecule has 1 unspecified atom stereocenters. The van der Waals surface area contributed by atoms with Crippen LogP contribution in [0.3, 0.4) is 0 Å². The number of anilines is 1. The Balaban J connectivity index is 3.06. The molecule has 66 valence electrons. The second-order valence-corrected chi connectivity index (χ2v) is 2.92. The molecule has 0 saturated heterocycles. The van der Waals surface area contributed by atoms with E-state index < -0.39 is 6.10 Å². The van der Waals surface area contributed by atoms with Gasteiger partial charge in [-0.1, -0.05) is 11.6 Å². The first-order valence-electron chi connectivity index (χ1n) is 3.67. The number of aromatic nitrogens is 1. The molecule has 1 aromatic heterocycles. The van der Waals surface area contributed by atoms with E-state index in [0.29, 0.717) is 11.0 Å². The molecule has 0 bridgehead atoms. The Labute approximate surface area is 76.4 Å². The van der Waals surface area contributed by atoms with E-state index in [1.807, 2.05) is 0 Å². The van der Waals surface area contributed by atoms with Gasteiger partial charge in [-0.2, -0.15) is 0 Å². The van der Waals surface area contributed by atoms with Crippen molar-refractivity contribution in [2.75, 3.05) is 12.4 Å². The average molecular weight is 187 g/mol. The predicted octanol–water partition coefficient (Wildman–Crippen LogP) is 1.83. The van der Waals surface area contributed by atoms with Crippen LogP contribution in [0.25, 0.3) is 0 Å². The van der Waals surface area contributed by atoms with E-state index in [0.717, 1.165) is 5.56 Å². The second kappa shape index (κ2) is 3.74. The largest absolute Gasteiger partial charge is 0.389 e. The summed E-state index contributed by atoms with van der Waals surface area (Å²) in [6, 6.07) is 3.41. The molecule has 0 saturated carbocycles. The molecule has 0 fully saturated rings. The standard InChI is InChI=1S/C8H11ClN2O/c1-5(12)6-3-7(9)11-8(4-6)10-2/h3-5,12H,1-2H3,(H,10,11). The lowest BCUT2D eigenvalue weighted by atomic mass is 10.2. The van der Waals surface area contributed by atoms with Crippen LogP contribution in [0.2, 0.25) is 5.15 Å². The Morgan fingerprint density at radius 2 is 2.25 bits per heavy atom. The summed E-state index contributed by atoms with van der Waals surface area (Å²) in [5.74, 6) is 0.665. The molecule has 0 radical (unpaired) electrons. The molecule has 3 nitrogen and oxygen atoms in total. The lowest BCUT2D eigenvalue weighted by Gasteiger charge is -2.07. The van der Waals surface area contributed by atoms with E-state index in [4.69, 9.17) is 11.6 Å². The number of rotatable bonds is 2. The van der Waals surface area contributed by atoms with Crippen LogP contribution in [0.15, 0.2) is 12.1 Å². The van der Waals surface area contributed by atoms with E-state index in [2.05, 4.69) is 10.3 Å². The first-order valence-corrected chi connectivity index (χ1v) is 4.04. The summed E-state index contributed by atoms with van der Waals surface area (Å²) < 4.78 is 0. The van der Waals surface area contributed by atoms with Crippen molar-refractivity contribution in [1.82, 2.24) is 4.98 Å². The molecule has 1 rings (SSSR count). The Morgan fingerprint density at radius 3 is 2.75 bits per heavy atom. The van der Waals surface area contributed by atoms with E-state index in [9.17, 15) is 5.11 Å². The van der Waals surface area contributed by atoms with Gasteiger partial charge in [0.15, 0.2) is 0 Å². The first kappa shape index (κ1) is 9.29. The van der Waals surface area contributed by atoms with Crippen molar-refractivity contribution in [1.29, 1.82) is 0 Å². The molecule has 0 aliphatic heterocycles. The number of halogens is 1. The summed E-state index contributed by atoms with van der Waals surface area (Å²) in [6.07, 6.45) is -0.516. The molecule has 4 heteroatoms. The highest BCUT2D eigenvalue weighted by Gasteiger charge is 2.04. The van der Waals surface area contributed by atoms with E-state index in [1.54, 1.807) is 26.1 Å². The SMILES string of the molecule is CNc1cc(C(C)O)cc(Cl)n1. The van der Waals surface area contributed by atoms with E-state index in [1.165, 1.54) is 0 Å². The van der Waals surface area contributed by atoms with Crippen LogP contribution in [0.4, 0.5) is 5.82 Å². The summed E-state index contributed by atoms with van der Waals surface area (Å²) in [5, 5.41) is 12.5. The van der Waals surface area contributed by atoms with Gasteiger partial charge in [-0.15, -0.1) is 0 Å². The Bertz CT molecular complexity index is 276. The fourth-order valence-electron chi connectivity index (χ4n) is 0.886. The zero-order valence-corrected chi connectivity index (χ0v) is 7.76. The van der Waals surface area contributed by atoms with Gasteiger partial charge < -0.3 is 10.4 Å². The minimum absolute atomic E-state index is 0.387. The number of hydrogen-bond donors (Lipinski definition) is 2. The topological polar surface area (TPSA) is 45.1 Å². The summed E-state index contributed by atoms with van der Waals surface area (Å²) in [4.78, 5) is 3.98. The molecule has 12 heavy (non-hydrogen) atoms. The van der Waals surface area contributed by atoms with Gasteiger partial charge >= 0.3 is 0 Å². The highest BCUT2D eigenvalue weighted by atomic mass is 35.5. The normalized spacial score (nSPS) is 12.7. The summed E-state index contributed by atoms with van der Waals surface area (Å²) in [6.45, 7) is 1.69. The maximum absolute atomic E-state index is 9.25. The number of aliphatic hydroxyl groups is 1. The van der Waals surface area contributed by atoms with Gasteiger partial charge in [0.05, 0.1) is 6.10 Å². The number of aliphatic hydroxyl groups excluding tert-OH is 1. The average Bonchev–Trinajstić information content (AvgIpc) is 2.03. The predicted molar refractivity (Wildman–Crippen MR) is 49.4 cm³/mol. The van der Waals surface area contributed by atoms with Gasteiger partial charge in [0.25, 0.3) is 0 Å². The van der Waals surface area contributed by atoms with Crippen LogP contribution < -0.4 is 5.32 Å². The zero-order valence-electron chi connectivity index (χ0n) is 7.00. The fourth-order valence-corrected chi connectivity index (χ4v) is 1.10. The summed E-state index contributed by atoms with van der Waals surface area (Å²) in [5.41, 5.74) is 0.763. The minimum atomic E-state index is -0.516. The van der Waals surface area contributed by atoms with Gasteiger partial charge in [-0.25, -0.2) is 4.98 Å². The highest BCUT2D eigenvalue weighted by molar-refractivity contribution is 6.29. The molecule has 0 aromatic carbocycles. The maximum Gasteiger partial charge on any atom is 0.131 e. The van der Waals surface area contributed by atoms with Crippen molar-refractivity contribution in [3.8, 4) is 0 Å². The number of pyridine rings is 1. The number of nitrogens with one attached hydrogen (secondary N) is 1. The maximum atomic E-state index is 9.25. The van der Waals surface area contributed by atoms with Crippen molar-refractivity contribution in [2.24, 2.45) is 0 Å². The summed E-state index contributed by atoms with van der Waals surface area (Å²) in [7, 11) is 1.75. The lowest BCUT2D eigenvalue weighted by Crippen LogP contribution is -1.97. The molecule has 0 spiro atoms. The van der Waals surface area contributed by atoms with Crippen LogP contribution in [-0.2, 0) is 0 Å². The van der Waals surface area contributed by atoms with Crippen molar-refractivity contribution in [2.45, 2.75) is 13.0 Å². The van der Waals surface area contributed by atoms with Crippen LogP contribution in [0.1, 0.15) is 18.6 Å². The lowest BCUT2D eigenvalue weighted by molar-refractivity contribution is 0.199. The van der Waals surface area contributed by atoms with Crippen LogP contribution in [0, 0.1) is 0 Å². The number of hydrogen-bond acceptors (Lipinski definition) is 3. The Hall–Kier alpha value is -0.800. The van der Waals surface area contributed by atoms with Crippen LogP contribution in [0.5, 0.6) is 0 Å². The Kier molecular flexibility index (Phi) is 2.89. The van der Waals surface area contributed by atoms with Crippen LogP contribution in [-0.4, -0.2) is 17.1 Å². The smallest absolute Gasteiger partial charge is 0.131 e. The molecule has 2 N–H and O–H groups in total. The minimum Gasteiger partial charge on any atom is -0.389 e. The zero-order chi connectivity index (χ0) is 9.14. The van der Waals surface area contributed by atoms with Gasteiger partial charge in [0.1, 0.15) is 11.0 Å². The van der Waals surface area contributed by atoms with Gasteiger partial charge in [-0.05, 0) is 24.6 Å². The van der Waals surface area contributed by atoms with Gasteiger partial charge in [-0.3, -0.25) is 0 Å². The van der Waals surface area contributed by atoms with Gasteiger partial charge in [0.2, 0.25) is 0 Å². The second-order valence-electron chi connectivity index (χ2n) is 2.53. The molecule has 1 aromatic rings.